The van der Waals surface area contributed by atoms with Gasteiger partial charge in [-0.3, -0.25) is 4.79 Å². The van der Waals surface area contributed by atoms with Crippen molar-refractivity contribution in [3.8, 4) is 0 Å². The van der Waals surface area contributed by atoms with Gasteiger partial charge in [0.2, 0.25) is 5.43 Å². The van der Waals surface area contributed by atoms with Gasteiger partial charge in [-0.05, 0) is 25.0 Å². The molecule has 2 aromatic rings. The second-order valence-corrected chi connectivity index (χ2v) is 5.58. The van der Waals surface area contributed by atoms with E-state index in [1.165, 1.54) is 6.20 Å². The van der Waals surface area contributed by atoms with Gasteiger partial charge in [-0.1, -0.05) is 0 Å². The van der Waals surface area contributed by atoms with Crippen LogP contribution in [0, 0.1) is 5.82 Å². The number of anilines is 1. The minimum Gasteiger partial charge on any atom is -0.477 e. The number of carbonyl (C=O) groups is 1. The van der Waals surface area contributed by atoms with Gasteiger partial charge in [0.25, 0.3) is 0 Å². The van der Waals surface area contributed by atoms with Crippen LogP contribution in [0.25, 0.3) is 10.9 Å². The van der Waals surface area contributed by atoms with Crippen LogP contribution in [0.15, 0.2) is 23.1 Å². The number of benzene rings is 1. The molecule has 3 rings (SSSR count). The van der Waals surface area contributed by atoms with Crippen molar-refractivity contribution < 1.29 is 19.0 Å². The van der Waals surface area contributed by atoms with Gasteiger partial charge in [0.15, 0.2) is 0 Å². The summed E-state index contributed by atoms with van der Waals surface area (Å²) in [7, 11) is 1.55. The fraction of sp³-hybridized carbons (Fsp3) is 0.375. The maximum atomic E-state index is 14.2. The second-order valence-electron chi connectivity index (χ2n) is 5.58. The minimum atomic E-state index is -1.30. The Hall–Kier alpha value is -2.41. The number of nitrogens with one attached hydrogen (secondary N) is 1. The number of aromatic carboxylic acids is 1. The molecule has 1 heterocycles. The largest absolute Gasteiger partial charge is 0.477 e. The number of hydrogen-bond donors (Lipinski definition) is 2. The normalized spacial score (nSPS) is 14.2. The van der Waals surface area contributed by atoms with Crippen LogP contribution in [0.2, 0.25) is 0 Å². The van der Waals surface area contributed by atoms with E-state index in [9.17, 15) is 19.1 Å². The molecule has 7 heteroatoms. The number of hydrogen-bond acceptors (Lipinski definition) is 4. The molecule has 122 valence electrons. The van der Waals surface area contributed by atoms with Gasteiger partial charge >= 0.3 is 5.97 Å². The van der Waals surface area contributed by atoms with E-state index in [0.717, 1.165) is 18.9 Å². The first-order valence-electron chi connectivity index (χ1n) is 7.37. The number of methoxy groups -OCH3 is 1. The monoisotopic (exact) mass is 320 g/mol. The number of pyridine rings is 1. The van der Waals surface area contributed by atoms with Crippen LogP contribution < -0.4 is 10.7 Å². The molecule has 0 saturated heterocycles. The SMILES string of the molecule is COCCNc1cc2c(cc1F)c(=O)c(C(=O)O)cn2C1CC1. The number of carboxylic acids is 1. The van der Waals surface area contributed by atoms with Gasteiger partial charge in [-0.25, -0.2) is 9.18 Å². The van der Waals surface area contributed by atoms with Crippen molar-refractivity contribution in [3.63, 3.8) is 0 Å². The van der Waals surface area contributed by atoms with Crippen LogP contribution in [-0.4, -0.2) is 35.9 Å². The molecule has 0 atom stereocenters. The van der Waals surface area contributed by atoms with Crippen LogP contribution in [0.3, 0.4) is 0 Å². The molecule has 1 aliphatic rings. The molecule has 0 bridgehead atoms. The maximum Gasteiger partial charge on any atom is 0.341 e. The van der Waals surface area contributed by atoms with E-state index >= 15 is 0 Å². The average molecular weight is 320 g/mol. The molecule has 0 amide bonds. The Balaban J connectivity index is 2.17. The Morgan fingerprint density at radius 2 is 2.22 bits per heavy atom. The minimum absolute atomic E-state index is 0.0894. The summed E-state index contributed by atoms with van der Waals surface area (Å²) in [6, 6.07) is 2.83. The lowest BCUT2D eigenvalue weighted by Gasteiger charge is -2.14. The zero-order valence-corrected chi connectivity index (χ0v) is 12.6. The molecule has 2 N–H and O–H groups in total. The molecule has 1 saturated carbocycles. The number of rotatable bonds is 6. The Morgan fingerprint density at radius 1 is 1.48 bits per heavy atom. The van der Waals surface area contributed by atoms with Crippen molar-refractivity contribution in [1.82, 2.24) is 4.57 Å². The number of fused-ring (bicyclic) bond motifs is 1. The van der Waals surface area contributed by atoms with E-state index < -0.39 is 17.2 Å². The summed E-state index contributed by atoms with van der Waals surface area (Å²) in [6.45, 7) is 0.852. The van der Waals surface area contributed by atoms with Crippen LogP contribution in [0.5, 0.6) is 0 Å². The molecule has 0 aliphatic heterocycles. The lowest BCUT2D eigenvalue weighted by molar-refractivity contribution is 0.0695. The molecule has 1 fully saturated rings. The standard InChI is InChI=1S/C16H17FN2O4/c1-23-5-4-18-13-7-14-10(6-12(13)17)15(20)11(16(21)22)8-19(14)9-2-3-9/h6-9,18H,2-5H2,1H3,(H,21,22). The number of nitrogens with zero attached hydrogens (tertiary/aromatic N) is 1. The second kappa shape index (κ2) is 6.00. The molecule has 0 radical (unpaired) electrons. The molecule has 1 aliphatic carbocycles. The van der Waals surface area contributed by atoms with Crippen molar-refractivity contribution >= 4 is 22.6 Å². The Labute approximate surface area is 131 Å². The Bertz CT molecular complexity index is 827. The molecule has 0 unspecified atom stereocenters. The third-order valence-corrected chi connectivity index (χ3v) is 3.91. The molecular weight excluding hydrogens is 303 g/mol. The van der Waals surface area contributed by atoms with Gasteiger partial charge in [0.05, 0.1) is 17.8 Å². The fourth-order valence-corrected chi connectivity index (χ4v) is 2.60. The van der Waals surface area contributed by atoms with Gasteiger partial charge in [0, 0.05) is 31.3 Å². The molecule has 23 heavy (non-hydrogen) atoms. The number of halogens is 1. The number of ether oxygens (including phenoxy) is 1. The first-order valence-corrected chi connectivity index (χ1v) is 7.37. The molecule has 6 nitrogen and oxygen atoms in total. The highest BCUT2D eigenvalue weighted by Gasteiger charge is 2.27. The van der Waals surface area contributed by atoms with E-state index in [4.69, 9.17) is 4.74 Å². The maximum absolute atomic E-state index is 14.2. The predicted molar refractivity (Wildman–Crippen MR) is 83.8 cm³/mol. The summed E-state index contributed by atoms with van der Waals surface area (Å²) in [5, 5.41) is 12.2. The first kappa shape index (κ1) is 15.5. The number of aromatic nitrogens is 1. The van der Waals surface area contributed by atoms with Crippen molar-refractivity contribution in [2.24, 2.45) is 0 Å². The highest BCUT2D eigenvalue weighted by atomic mass is 19.1. The lowest BCUT2D eigenvalue weighted by Crippen LogP contribution is -2.19. The third kappa shape index (κ3) is 2.92. The van der Waals surface area contributed by atoms with Crippen molar-refractivity contribution in [3.05, 3.63) is 39.9 Å². The highest BCUT2D eigenvalue weighted by molar-refractivity contribution is 5.93. The van der Waals surface area contributed by atoms with E-state index in [2.05, 4.69) is 5.32 Å². The van der Waals surface area contributed by atoms with Gasteiger partial charge in [-0.2, -0.15) is 0 Å². The first-order chi connectivity index (χ1) is 11.0. The van der Waals surface area contributed by atoms with Crippen LogP contribution in [0.1, 0.15) is 29.2 Å². The van der Waals surface area contributed by atoms with Crippen LogP contribution in [0.4, 0.5) is 10.1 Å². The van der Waals surface area contributed by atoms with E-state index in [-0.39, 0.29) is 22.7 Å². The Morgan fingerprint density at radius 3 is 2.83 bits per heavy atom. The van der Waals surface area contributed by atoms with Crippen molar-refractivity contribution in [1.29, 1.82) is 0 Å². The quantitative estimate of drug-likeness (QED) is 0.798. The third-order valence-electron chi connectivity index (χ3n) is 3.91. The zero-order valence-electron chi connectivity index (χ0n) is 12.6. The zero-order chi connectivity index (χ0) is 16.6. The Kier molecular flexibility index (Phi) is 4.04. The molecular formula is C16H17FN2O4. The molecule has 1 aromatic carbocycles. The summed E-state index contributed by atoms with van der Waals surface area (Å²) < 4.78 is 20.9. The summed E-state index contributed by atoms with van der Waals surface area (Å²) in [5.41, 5.74) is -0.175. The average Bonchev–Trinajstić information content (AvgIpc) is 3.33. The van der Waals surface area contributed by atoms with Crippen molar-refractivity contribution in [2.75, 3.05) is 25.6 Å². The van der Waals surface area contributed by atoms with E-state index in [1.807, 2.05) is 0 Å². The fourth-order valence-electron chi connectivity index (χ4n) is 2.60. The van der Waals surface area contributed by atoms with Gasteiger partial charge in [0.1, 0.15) is 11.4 Å². The smallest absolute Gasteiger partial charge is 0.341 e. The van der Waals surface area contributed by atoms with Gasteiger partial charge < -0.3 is 19.7 Å². The summed E-state index contributed by atoms with van der Waals surface area (Å²) in [4.78, 5) is 23.5. The lowest BCUT2D eigenvalue weighted by atomic mass is 10.1. The topological polar surface area (TPSA) is 80.6 Å². The summed E-state index contributed by atoms with van der Waals surface area (Å²) in [5.74, 6) is -1.88. The molecule has 1 aromatic heterocycles. The predicted octanol–water partition coefficient (Wildman–Crippen LogP) is 2.23. The van der Waals surface area contributed by atoms with E-state index in [1.54, 1.807) is 17.7 Å². The molecule has 0 spiro atoms. The van der Waals surface area contributed by atoms with Crippen LogP contribution in [-0.2, 0) is 4.74 Å². The van der Waals surface area contributed by atoms with Crippen LogP contribution >= 0.6 is 0 Å². The summed E-state index contributed by atoms with van der Waals surface area (Å²) >= 11 is 0. The highest BCUT2D eigenvalue weighted by Crippen LogP contribution is 2.37. The van der Waals surface area contributed by atoms with Gasteiger partial charge in [-0.15, -0.1) is 0 Å². The summed E-state index contributed by atoms with van der Waals surface area (Å²) in [6.07, 6.45) is 3.20. The number of carboxylic acid groups (broad SMARTS) is 1. The van der Waals surface area contributed by atoms with Crippen molar-refractivity contribution in [2.45, 2.75) is 18.9 Å². The van der Waals surface area contributed by atoms with E-state index in [0.29, 0.717) is 18.7 Å².